The molecule has 1 N–H and O–H groups in total. The van der Waals surface area contributed by atoms with Crippen molar-refractivity contribution in [2.24, 2.45) is 0 Å². The average Bonchev–Trinajstić information content (AvgIpc) is 3.26. The molecule has 0 spiro atoms. The molecule has 2 aromatic rings. The van der Waals surface area contributed by atoms with Gasteiger partial charge in [-0.3, -0.25) is 19.2 Å². The molecule has 0 aliphatic carbocycles. The molecule has 1 aliphatic rings. The molecular formula is C18H19ClF3N7O2. The van der Waals surface area contributed by atoms with E-state index in [4.69, 9.17) is 11.6 Å². The van der Waals surface area contributed by atoms with Crippen LogP contribution in [0.2, 0.25) is 5.02 Å². The smallest absolute Gasteiger partial charge is 0.345 e. The molecule has 1 aliphatic heterocycles. The van der Waals surface area contributed by atoms with Gasteiger partial charge in [0, 0.05) is 13.5 Å². The second-order valence-corrected chi connectivity index (χ2v) is 7.45. The van der Waals surface area contributed by atoms with Crippen LogP contribution in [-0.4, -0.2) is 50.1 Å². The maximum atomic E-state index is 12.5. The zero-order valence-electron chi connectivity index (χ0n) is 16.7. The van der Waals surface area contributed by atoms with Crippen LogP contribution >= 0.6 is 11.6 Å². The lowest BCUT2D eigenvalue weighted by Crippen LogP contribution is -2.50. The van der Waals surface area contributed by atoms with Crippen molar-refractivity contribution in [1.29, 1.82) is 5.26 Å². The highest BCUT2D eigenvalue weighted by molar-refractivity contribution is 6.33. The van der Waals surface area contributed by atoms with Gasteiger partial charge in [-0.1, -0.05) is 11.6 Å². The number of aryl methyl sites for hydroxylation is 1. The fourth-order valence-electron chi connectivity index (χ4n) is 3.44. The van der Waals surface area contributed by atoms with Crippen molar-refractivity contribution < 1.29 is 22.8 Å². The van der Waals surface area contributed by atoms with Gasteiger partial charge in [0.25, 0.3) is 0 Å². The summed E-state index contributed by atoms with van der Waals surface area (Å²) >= 11 is 6.49. The largest absolute Gasteiger partial charge is 0.405 e. The van der Waals surface area contributed by atoms with Gasteiger partial charge in [0.15, 0.2) is 11.6 Å². The number of alkyl halides is 3. The minimum atomic E-state index is -4.61. The molecular weight excluding hydrogens is 439 g/mol. The maximum absolute atomic E-state index is 12.5. The third-order valence-electron chi connectivity index (χ3n) is 4.87. The standard InChI is InChI=1S/C18H19ClF3N7O2/c1-10(16(31)24-9-18(20,21)22)28(11(2)30)17-12(7-23)8-25-29(17)15-14(19)13-5-3-4-6-27(13)26-15/h8,10H,3-6,9H2,1-2H3,(H,24,31). The van der Waals surface area contributed by atoms with Crippen molar-refractivity contribution >= 4 is 29.2 Å². The van der Waals surface area contributed by atoms with E-state index in [0.717, 1.165) is 30.4 Å². The lowest BCUT2D eigenvalue weighted by Gasteiger charge is -2.27. The summed E-state index contributed by atoms with van der Waals surface area (Å²) in [7, 11) is 0. The van der Waals surface area contributed by atoms with Crippen molar-refractivity contribution in [3.63, 3.8) is 0 Å². The van der Waals surface area contributed by atoms with Crippen LogP contribution < -0.4 is 10.2 Å². The topological polar surface area (TPSA) is 109 Å². The highest BCUT2D eigenvalue weighted by Gasteiger charge is 2.35. The summed E-state index contributed by atoms with van der Waals surface area (Å²) in [6.45, 7) is 1.48. The third kappa shape index (κ3) is 4.51. The number of fused-ring (bicyclic) bond motifs is 1. The Labute approximate surface area is 180 Å². The molecule has 3 heterocycles. The Hall–Kier alpha value is -3.07. The molecule has 9 nitrogen and oxygen atoms in total. The minimum Gasteiger partial charge on any atom is -0.345 e. The van der Waals surface area contributed by atoms with Gasteiger partial charge in [-0.25, -0.2) is 0 Å². The van der Waals surface area contributed by atoms with Gasteiger partial charge >= 0.3 is 6.18 Å². The minimum absolute atomic E-state index is 0.0623. The normalized spacial score (nSPS) is 14.5. The third-order valence-corrected chi connectivity index (χ3v) is 5.26. The van der Waals surface area contributed by atoms with Crippen LogP contribution in [0.25, 0.3) is 5.82 Å². The summed E-state index contributed by atoms with van der Waals surface area (Å²) in [5, 5.41) is 20.1. The Morgan fingerprint density at radius 3 is 2.71 bits per heavy atom. The zero-order chi connectivity index (χ0) is 22.9. The quantitative estimate of drug-likeness (QED) is 0.741. The Balaban J connectivity index is 2.05. The highest BCUT2D eigenvalue weighted by atomic mass is 35.5. The number of hydrogen-bond donors (Lipinski definition) is 1. The van der Waals surface area contributed by atoms with Gasteiger partial charge in [0.1, 0.15) is 29.2 Å². The number of hydrogen-bond acceptors (Lipinski definition) is 5. The predicted molar refractivity (Wildman–Crippen MR) is 104 cm³/mol. The number of nitrogens with zero attached hydrogens (tertiary/aromatic N) is 6. The fourth-order valence-corrected chi connectivity index (χ4v) is 3.75. The van der Waals surface area contributed by atoms with Gasteiger partial charge in [0.05, 0.1) is 11.9 Å². The number of rotatable bonds is 5. The number of nitrogens with one attached hydrogen (secondary N) is 1. The summed E-state index contributed by atoms with van der Waals surface area (Å²) in [5.74, 6) is -1.64. The molecule has 3 rings (SSSR count). The van der Waals surface area contributed by atoms with E-state index in [1.807, 2.05) is 6.07 Å². The zero-order valence-corrected chi connectivity index (χ0v) is 17.5. The first kappa shape index (κ1) is 22.6. The van der Waals surface area contributed by atoms with Gasteiger partial charge in [-0.15, -0.1) is 0 Å². The number of amides is 2. The van der Waals surface area contributed by atoms with Gasteiger partial charge in [-0.05, 0) is 26.2 Å². The summed E-state index contributed by atoms with van der Waals surface area (Å²) in [4.78, 5) is 25.7. The van der Waals surface area contributed by atoms with Crippen LogP contribution in [0, 0.1) is 11.3 Å². The molecule has 1 unspecified atom stereocenters. The van der Waals surface area contributed by atoms with E-state index in [2.05, 4.69) is 10.2 Å². The number of aromatic nitrogens is 4. The van der Waals surface area contributed by atoms with E-state index in [-0.39, 0.29) is 17.2 Å². The maximum Gasteiger partial charge on any atom is 0.405 e. The molecule has 2 amide bonds. The van der Waals surface area contributed by atoms with Crippen molar-refractivity contribution in [2.75, 3.05) is 11.4 Å². The molecule has 13 heteroatoms. The van der Waals surface area contributed by atoms with Crippen LogP contribution in [0.3, 0.4) is 0 Å². The van der Waals surface area contributed by atoms with Crippen LogP contribution in [0.5, 0.6) is 0 Å². The molecule has 0 saturated carbocycles. The number of nitriles is 1. The Kier molecular flexibility index (Phi) is 6.26. The number of halogens is 4. The van der Waals surface area contributed by atoms with Crippen LogP contribution in [0.15, 0.2) is 6.20 Å². The van der Waals surface area contributed by atoms with Crippen LogP contribution in [-0.2, 0) is 22.6 Å². The molecule has 0 aromatic carbocycles. The molecule has 2 aromatic heterocycles. The Morgan fingerprint density at radius 2 is 2.13 bits per heavy atom. The summed E-state index contributed by atoms with van der Waals surface area (Å²) in [6, 6.07) is 0.523. The predicted octanol–water partition coefficient (Wildman–Crippen LogP) is 2.35. The molecule has 166 valence electrons. The lowest BCUT2D eigenvalue weighted by atomic mass is 10.1. The van der Waals surface area contributed by atoms with E-state index >= 15 is 0 Å². The van der Waals surface area contributed by atoms with Gasteiger partial charge in [-0.2, -0.15) is 33.3 Å². The van der Waals surface area contributed by atoms with E-state index in [1.54, 1.807) is 10.00 Å². The molecule has 0 radical (unpaired) electrons. The lowest BCUT2D eigenvalue weighted by molar-refractivity contribution is -0.139. The second kappa shape index (κ2) is 8.58. The highest BCUT2D eigenvalue weighted by Crippen LogP contribution is 2.33. The SMILES string of the molecule is CC(=O)N(c1c(C#N)cnn1-c1nn2c(c1Cl)CCCC2)C(C)C(=O)NCC(F)(F)F. The first-order chi connectivity index (χ1) is 14.5. The Bertz CT molecular complexity index is 1050. The van der Waals surface area contributed by atoms with Gasteiger partial charge in [0.2, 0.25) is 11.8 Å². The van der Waals surface area contributed by atoms with Crippen LogP contribution in [0.4, 0.5) is 19.0 Å². The number of anilines is 1. The summed E-state index contributed by atoms with van der Waals surface area (Å²) in [6.07, 6.45) is -0.897. The van der Waals surface area contributed by atoms with E-state index in [0.29, 0.717) is 18.0 Å². The van der Waals surface area contributed by atoms with Crippen molar-refractivity contribution in [2.45, 2.75) is 51.9 Å². The molecule has 0 saturated heterocycles. The van der Waals surface area contributed by atoms with Crippen molar-refractivity contribution in [3.8, 4) is 11.9 Å². The fraction of sp³-hybridized carbons (Fsp3) is 0.500. The summed E-state index contributed by atoms with van der Waals surface area (Å²) < 4.78 is 40.4. The van der Waals surface area contributed by atoms with Gasteiger partial charge < -0.3 is 5.32 Å². The molecule has 1 atom stereocenters. The molecule has 0 fully saturated rings. The van der Waals surface area contributed by atoms with E-state index in [1.165, 1.54) is 17.8 Å². The van der Waals surface area contributed by atoms with Crippen LogP contribution in [0.1, 0.15) is 37.9 Å². The van der Waals surface area contributed by atoms with E-state index in [9.17, 15) is 28.0 Å². The first-order valence-corrected chi connectivity index (χ1v) is 9.81. The number of carbonyl (C=O) groups is 2. The number of carbonyl (C=O) groups excluding carboxylic acids is 2. The monoisotopic (exact) mass is 457 g/mol. The molecule has 0 bridgehead atoms. The Morgan fingerprint density at radius 1 is 1.42 bits per heavy atom. The van der Waals surface area contributed by atoms with Crippen molar-refractivity contribution in [1.82, 2.24) is 24.9 Å². The summed E-state index contributed by atoms with van der Waals surface area (Å²) in [5.41, 5.74) is 0.723. The van der Waals surface area contributed by atoms with E-state index < -0.39 is 30.6 Å². The first-order valence-electron chi connectivity index (χ1n) is 9.43. The second-order valence-electron chi connectivity index (χ2n) is 7.07. The molecule has 31 heavy (non-hydrogen) atoms. The average molecular weight is 458 g/mol. The van der Waals surface area contributed by atoms with Crippen molar-refractivity contribution in [3.05, 3.63) is 22.5 Å².